The number of thiocarbonyl (C=S) groups is 1. The Morgan fingerprint density at radius 1 is 1.04 bits per heavy atom. The highest BCUT2D eigenvalue weighted by atomic mass is 32.1. The van der Waals surface area contributed by atoms with Gasteiger partial charge in [0.1, 0.15) is 11.5 Å². The summed E-state index contributed by atoms with van der Waals surface area (Å²) in [7, 11) is 0. The Labute approximate surface area is 146 Å². The van der Waals surface area contributed by atoms with Crippen LogP contribution in [0.5, 0.6) is 5.75 Å². The Bertz CT molecular complexity index is 760. The van der Waals surface area contributed by atoms with Gasteiger partial charge in [0.2, 0.25) is 0 Å². The first-order valence-corrected chi connectivity index (χ1v) is 7.96. The Balaban J connectivity index is 1.97. The fraction of sp³-hybridized carbons (Fsp3) is 0.211. The minimum atomic E-state index is -0.0731. The molecule has 0 atom stereocenters. The van der Waals surface area contributed by atoms with Gasteiger partial charge in [-0.05, 0) is 74.1 Å². The van der Waals surface area contributed by atoms with E-state index in [0.29, 0.717) is 42.0 Å². The minimum absolute atomic E-state index is 0.0731. The molecule has 0 amide bonds. The zero-order valence-electron chi connectivity index (χ0n) is 13.3. The first-order valence-electron chi connectivity index (χ1n) is 7.55. The number of carbonyl (C=O) groups excluding carboxylic acids is 2. The average Bonchev–Trinajstić information content (AvgIpc) is 2.59. The fourth-order valence-electron chi connectivity index (χ4n) is 2.12. The van der Waals surface area contributed by atoms with Crippen LogP contribution in [0.3, 0.4) is 0 Å². The Hall–Kier alpha value is -2.62. The van der Waals surface area contributed by atoms with Crippen molar-refractivity contribution in [2.24, 2.45) is 4.99 Å². The lowest BCUT2D eigenvalue weighted by atomic mass is 10.0. The maximum absolute atomic E-state index is 12.4. The van der Waals surface area contributed by atoms with Crippen LogP contribution in [0.25, 0.3) is 0 Å². The van der Waals surface area contributed by atoms with Crippen molar-refractivity contribution in [2.75, 3.05) is 6.61 Å². The zero-order chi connectivity index (χ0) is 17.4. The van der Waals surface area contributed by atoms with E-state index in [1.807, 2.05) is 0 Å². The van der Waals surface area contributed by atoms with E-state index in [1.54, 1.807) is 55.5 Å². The van der Waals surface area contributed by atoms with Gasteiger partial charge < -0.3 is 9.53 Å². The molecule has 4 nitrogen and oxygen atoms in total. The van der Waals surface area contributed by atoms with Crippen LogP contribution in [-0.2, 0) is 4.79 Å². The molecule has 122 valence electrons. The molecular formula is C19H17NO3S. The van der Waals surface area contributed by atoms with Crippen molar-refractivity contribution in [1.29, 1.82) is 0 Å². The molecule has 0 aliphatic carbocycles. The fourth-order valence-corrected chi connectivity index (χ4v) is 2.23. The zero-order valence-corrected chi connectivity index (χ0v) is 14.1. The van der Waals surface area contributed by atoms with Gasteiger partial charge in [-0.3, -0.25) is 4.79 Å². The van der Waals surface area contributed by atoms with Gasteiger partial charge in [-0.25, -0.2) is 0 Å². The van der Waals surface area contributed by atoms with E-state index in [4.69, 9.17) is 4.74 Å². The second kappa shape index (κ2) is 8.87. The first kappa shape index (κ1) is 17.7. The molecule has 0 aliphatic heterocycles. The van der Waals surface area contributed by atoms with E-state index in [2.05, 4.69) is 22.4 Å². The molecule has 0 bridgehead atoms. The van der Waals surface area contributed by atoms with Crippen molar-refractivity contribution in [2.45, 2.75) is 19.8 Å². The van der Waals surface area contributed by atoms with E-state index in [1.165, 1.54) is 0 Å². The van der Waals surface area contributed by atoms with E-state index >= 15 is 0 Å². The Morgan fingerprint density at radius 2 is 1.62 bits per heavy atom. The molecule has 0 saturated carbocycles. The highest BCUT2D eigenvalue weighted by Gasteiger charge is 2.09. The molecule has 0 spiro atoms. The van der Waals surface area contributed by atoms with Gasteiger partial charge in [0.15, 0.2) is 5.78 Å². The van der Waals surface area contributed by atoms with E-state index in [-0.39, 0.29) is 11.6 Å². The number of hydrogen-bond donors (Lipinski definition) is 0. The lowest BCUT2D eigenvalue weighted by Gasteiger charge is -2.06. The number of hydrogen-bond acceptors (Lipinski definition) is 5. The number of carbonyl (C=O) groups is 2. The van der Waals surface area contributed by atoms with Crippen LogP contribution < -0.4 is 4.74 Å². The van der Waals surface area contributed by atoms with Crippen molar-refractivity contribution in [3.05, 3.63) is 59.7 Å². The number of aliphatic imine (C=N–C) groups is 1. The summed E-state index contributed by atoms with van der Waals surface area (Å²) < 4.78 is 5.55. The molecule has 0 N–H and O–H groups in total. The number of rotatable bonds is 8. The number of ether oxygens (including phenoxy) is 1. The Morgan fingerprint density at radius 3 is 2.17 bits per heavy atom. The molecule has 0 aliphatic rings. The molecule has 0 radical (unpaired) electrons. The molecule has 24 heavy (non-hydrogen) atoms. The van der Waals surface area contributed by atoms with E-state index in [9.17, 15) is 9.59 Å². The van der Waals surface area contributed by atoms with Gasteiger partial charge in [-0.1, -0.05) is 0 Å². The second-order valence-electron chi connectivity index (χ2n) is 5.26. The standard InChI is InChI=1S/C19H17NO3S/c1-14(21)3-2-12-23-18-10-6-16(7-11-18)19(22)15-4-8-17(9-5-15)20-13-24/h4-11H,2-3,12H2,1H3. The summed E-state index contributed by atoms with van der Waals surface area (Å²) in [4.78, 5) is 27.1. The van der Waals surface area contributed by atoms with Gasteiger partial charge in [0, 0.05) is 17.5 Å². The van der Waals surface area contributed by atoms with Crippen molar-refractivity contribution >= 4 is 34.6 Å². The smallest absolute Gasteiger partial charge is 0.193 e. The molecule has 2 aromatic rings. The molecule has 0 unspecified atom stereocenters. The predicted molar refractivity (Wildman–Crippen MR) is 96.4 cm³/mol. The van der Waals surface area contributed by atoms with E-state index < -0.39 is 0 Å². The molecule has 2 rings (SSSR count). The molecule has 2 aromatic carbocycles. The summed E-state index contributed by atoms with van der Waals surface area (Å²) >= 11 is 4.55. The van der Waals surface area contributed by atoms with Crippen molar-refractivity contribution in [3.63, 3.8) is 0 Å². The van der Waals surface area contributed by atoms with Gasteiger partial charge in [0.05, 0.1) is 17.5 Å². The maximum Gasteiger partial charge on any atom is 0.193 e. The van der Waals surface area contributed by atoms with Gasteiger partial charge in [0.25, 0.3) is 0 Å². The third-order valence-electron chi connectivity index (χ3n) is 3.36. The molecule has 0 fully saturated rings. The highest BCUT2D eigenvalue weighted by molar-refractivity contribution is 7.78. The highest BCUT2D eigenvalue weighted by Crippen LogP contribution is 2.18. The minimum Gasteiger partial charge on any atom is -0.494 e. The van der Waals surface area contributed by atoms with Gasteiger partial charge in [-0.2, -0.15) is 4.99 Å². The van der Waals surface area contributed by atoms with Crippen LogP contribution in [0.1, 0.15) is 35.7 Å². The van der Waals surface area contributed by atoms with Crippen molar-refractivity contribution in [3.8, 4) is 5.75 Å². The quantitative estimate of drug-likeness (QED) is 0.309. The summed E-state index contributed by atoms with van der Waals surface area (Å²) in [5, 5.41) is 2.29. The number of isothiocyanates is 1. The lowest BCUT2D eigenvalue weighted by molar-refractivity contribution is -0.117. The van der Waals surface area contributed by atoms with Crippen molar-refractivity contribution < 1.29 is 14.3 Å². The summed E-state index contributed by atoms with van der Waals surface area (Å²) in [5.41, 5.74) is 1.82. The number of benzene rings is 2. The molecule has 0 aromatic heterocycles. The normalized spacial score (nSPS) is 9.88. The lowest BCUT2D eigenvalue weighted by Crippen LogP contribution is -2.02. The summed E-state index contributed by atoms with van der Waals surface area (Å²) in [6.07, 6.45) is 1.20. The van der Waals surface area contributed by atoms with Crippen LogP contribution >= 0.6 is 12.2 Å². The van der Waals surface area contributed by atoms with Crippen LogP contribution in [0.15, 0.2) is 53.5 Å². The number of ketones is 2. The monoisotopic (exact) mass is 339 g/mol. The van der Waals surface area contributed by atoms with Crippen LogP contribution in [0.4, 0.5) is 5.69 Å². The molecule has 0 saturated heterocycles. The van der Waals surface area contributed by atoms with E-state index in [0.717, 1.165) is 0 Å². The van der Waals surface area contributed by atoms with Crippen molar-refractivity contribution in [1.82, 2.24) is 0 Å². The summed E-state index contributed by atoms with van der Waals surface area (Å²) in [6, 6.07) is 13.8. The van der Waals surface area contributed by atoms with Crippen LogP contribution in [-0.4, -0.2) is 23.3 Å². The SMILES string of the molecule is CC(=O)CCCOc1ccc(C(=O)c2ccc(N=C=S)cc2)cc1. The van der Waals surface area contributed by atoms with Gasteiger partial charge >= 0.3 is 0 Å². The largest absolute Gasteiger partial charge is 0.494 e. The Kier molecular flexibility index (Phi) is 6.55. The third-order valence-corrected chi connectivity index (χ3v) is 3.45. The van der Waals surface area contributed by atoms with Crippen LogP contribution in [0, 0.1) is 0 Å². The molecule has 0 heterocycles. The number of nitrogens with zero attached hydrogens (tertiary/aromatic N) is 1. The van der Waals surface area contributed by atoms with Crippen LogP contribution in [0.2, 0.25) is 0 Å². The topological polar surface area (TPSA) is 55.7 Å². The second-order valence-corrected chi connectivity index (χ2v) is 5.44. The van der Waals surface area contributed by atoms with Gasteiger partial charge in [-0.15, -0.1) is 0 Å². The molecule has 5 heteroatoms. The predicted octanol–water partition coefficient (Wildman–Crippen LogP) is 4.40. The maximum atomic E-state index is 12.4. The first-order chi connectivity index (χ1) is 11.6. The molecular weight excluding hydrogens is 322 g/mol. The average molecular weight is 339 g/mol. The number of Topliss-reactive ketones (excluding diaryl/α,β-unsaturated/α-hetero) is 1. The third kappa shape index (κ3) is 5.23. The summed E-state index contributed by atoms with van der Waals surface area (Å²) in [6.45, 7) is 2.04. The summed E-state index contributed by atoms with van der Waals surface area (Å²) in [5.74, 6) is 0.763.